The average molecular weight is 144 g/mol. The lowest BCUT2D eigenvalue weighted by Crippen LogP contribution is -1.99. The van der Waals surface area contributed by atoms with E-state index in [0.29, 0.717) is 5.75 Å². The topological polar surface area (TPSA) is 26.3 Å². The highest BCUT2D eigenvalue weighted by Crippen LogP contribution is 2.10. The highest BCUT2D eigenvalue weighted by Gasteiger charge is 2.19. The normalized spacial score (nSPS) is 33.4. The van der Waals surface area contributed by atoms with Crippen molar-refractivity contribution in [1.82, 2.24) is 0 Å². The molecular formula is C6H8O2S. The SMILES string of the molecule is CC#CC1CCS(=O)O1. The molecule has 0 aromatic rings. The van der Waals surface area contributed by atoms with Gasteiger partial charge in [0.05, 0.1) is 5.75 Å². The van der Waals surface area contributed by atoms with Crippen LogP contribution in [0.2, 0.25) is 0 Å². The van der Waals surface area contributed by atoms with Crippen LogP contribution in [-0.4, -0.2) is 16.1 Å². The van der Waals surface area contributed by atoms with Crippen LogP contribution in [0.5, 0.6) is 0 Å². The van der Waals surface area contributed by atoms with E-state index in [0.717, 1.165) is 6.42 Å². The molecule has 0 spiro atoms. The monoisotopic (exact) mass is 144 g/mol. The van der Waals surface area contributed by atoms with E-state index in [-0.39, 0.29) is 6.10 Å². The van der Waals surface area contributed by atoms with Crippen molar-refractivity contribution in [3.63, 3.8) is 0 Å². The molecule has 1 saturated heterocycles. The Hall–Kier alpha value is -0.330. The van der Waals surface area contributed by atoms with Gasteiger partial charge in [-0.25, -0.2) is 4.21 Å². The summed E-state index contributed by atoms with van der Waals surface area (Å²) in [4.78, 5) is 0. The molecule has 0 N–H and O–H groups in total. The van der Waals surface area contributed by atoms with Crippen molar-refractivity contribution < 1.29 is 8.39 Å². The van der Waals surface area contributed by atoms with Crippen LogP contribution in [0, 0.1) is 11.8 Å². The lowest BCUT2D eigenvalue weighted by Gasteiger charge is -1.92. The second kappa shape index (κ2) is 3.00. The molecule has 0 radical (unpaired) electrons. The third kappa shape index (κ3) is 1.81. The predicted octanol–water partition coefficient (Wildman–Crippen LogP) is 0.462. The molecule has 50 valence electrons. The zero-order valence-electron chi connectivity index (χ0n) is 5.22. The van der Waals surface area contributed by atoms with Gasteiger partial charge in [-0.2, -0.15) is 0 Å². The molecule has 9 heavy (non-hydrogen) atoms. The van der Waals surface area contributed by atoms with Crippen LogP contribution in [0.1, 0.15) is 13.3 Å². The second-order valence-corrected chi connectivity index (χ2v) is 2.98. The van der Waals surface area contributed by atoms with Crippen LogP contribution in [0.4, 0.5) is 0 Å². The van der Waals surface area contributed by atoms with Crippen LogP contribution in [0.25, 0.3) is 0 Å². The van der Waals surface area contributed by atoms with Crippen molar-refractivity contribution >= 4 is 11.1 Å². The summed E-state index contributed by atoms with van der Waals surface area (Å²) in [6.07, 6.45) is 0.740. The van der Waals surface area contributed by atoms with E-state index < -0.39 is 11.1 Å². The fourth-order valence-corrected chi connectivity index (χ4v) is 1.59. The Kier molecular flexibility index (Phi) is 2.26. The van der Waals surface area contributed by atoms with Gasteiger partial charge >= 0.3 is 0 Å². The highest BCUT2D eigenvalue weighted by molar-refractivity contribution is 7.80. The molecule has 1 heterocycles. The Labute approximate surface area is 57.3 Å². The van der Waals surface area contributed by atoms with Crippen molar-refractivity contribution in [3.8, 4) is 11.8 Å². The summed E-state index contributed by atoms with van der Waals surface area (Å²) in [5.41, 5.74) is 0. The molecule has 3 heteroatoms. The fraction of sp³-hybridized carbons (Fsp3) is 0.667. The van der Waals surface area contributed by atoms with Crippen LogP contribution >= 0.6 is 0 Å². The van der Waals surface area contributed by atoms with Gasteiger partial charge in [-0.1, -0.05) is 5.92 Å². The van der Waals surface area contributed by atoms with Crippen molar-refractivity contribution in [3.05, 3.63) is 0 Å². The zero-order valence-corrected chi connectivity index (χ0v) is 6.03. The van der Waals surface area contributed by atoms with Crippen LogP contribution < -0.4 is 0 Å². The fourth-order valence-electron chi connectivity index (χ4n) is 0.686. The molecule has 0 bridgehead atoms. The third-order valence-electron chi connectivity index (χ3n) is 1.08. The maximum absolute atomic E-state index is 10.5. The summed E-state index contributed by atoms with van der Waals surface area (Å²) >= 11 is -1.06. The first-order valence-electron chi connectivity index (χ1n) is 2.80. The van der Waals surface area contributed by atoms with E-state index in [1.165, 1.54) is 0 Å². The number of hydrogen-bond acceptors (Lipinski definition) is 2. The molecule has 0 aliphatic carbocycles. The minimum Gasteiger partial charge on any atom is -0.274 e. The average Bonchev–Trinajstić information content (AvgIpc) is 2.17. The molecule has 0 saturated carbocycles. The highest BCUT2D eigenvalue weighted by atomic mass is 32.2. The Balaban J connectivity index is 2.45. The van der Waals surface area contributed by atoms with E-state index in [1.54, 1.807) is 6.92 Å². The van der Waals surface area contributed by atoms with Gasteiger partial charge in [-0.3, -0.25) is 4.18 Å². The molecule has 2 unspecified atom stereocenters. The minimum absolute atomic E-state index is 0.0733. The lowest BCUT2D eigenvalue weighted by molar-refractivity contribution is 0.314. The maximum Gasteiger partial charge on any atom is 0.156 e. The molecule has 1 aliphatic rings. The first-order chi connectivity index (χ1) is 4.33. The molecule has 1 fully saturated rings. The number of rotatable bonds is 0. The summed E-state index contributed by atoms with van der Waals surface area (Å²) < 4.78 is 15.4. The lowest BCUT2D eigenvalue weighted by atomic mass is 10.3. The quantitative estimate of drug-likeness (QED) is 0.462. The van der Waals surface area contributed by atoms with Crippen molar-refractivity contribution in [2.45, 2.75) is 19.4 Å². The largest absolute Gasteiger partial charge is 0.274 e. The third-order valence-corrected chi connectivity index (χ3v) is 2.09. The molecule has 2 atom stereocenters. The van der Waals surface area contributed by atoms with E-state index in [9.17, 15) is 4.21 Å². The number of hydrogen-bond donors (Lipinski definition) is 0. The van der Waals surface area contributed by atoms with Gasteiger partial charge in [-0.05, 0) is 13.3 Å². The van der Waals surface area contributed by atoms with E-state index in [1.807, 2.05) is 0 Å². The molecule has 1 aliphatic heterocycles. The van der Waals surface area contributed by atoms with Crippen LogP contribution in [0.3, 0.4) is 0 Å². The maximum atomic E-state index is 10.5. The Morgan fingerprint density at radius 3 is 3.00 bits per heavy atom. The zero-order chi connectivity index (χ0) is 6.69. The van der Waals surface area contributed by atoms with E-state index in [2.05, 4.69) is 11.8 Å². The van der Waals surface area contributed by atoms with Crippen LogP contribution in [0.15, 0.2) is 0 Å². The smallest absolute Gasteiger partial charge is 0.156 e. The first kappa shape index (κ1) is 6.79. The van der Waals surface area contributed by atoms with Crippen molar-refractivity contribution in [1.29, 1.82) is 0 Å². The van der Waals surface area contributed by atoms with Crippen molar-refractivity contribution in [2.75, 3.05) is 5.75 Å². The van der Waals surface area contributed by atoms with Gasteiger partial charge in [0.1, 0.15) is 6.10 Å². The van der Waals surface area contributed by atoms with E-state index in [4.69, 9.17) is 4.18 Å². The molecular weight excluding hydrogens is 136 g/mol. The summed E-state index contributed by atoms with van der Waals surface area (Å²) in [7, 11) is 0. The van der Waals surface area contributed by atoms with Gasteiger partial charge in [-0.15, -0.1) is 5.92 Å². The van der Waals surface area contributed by atoms with Crippen LogP contribution in [-0.2, 0) is 15.3 Å². The summed E-state index contributed by atoms with van der Waals surface area (Å²) in [6, 6.07) is 0. The molecule has 0 aromatic heterocycles. The summed E-state index contributed by atoms with van der Waals surface area (Å²) in [5.74, 6) is 6.17. The summed E-state index contributed by atoms with van der Waals surface area (Å²) in [5, 5.41) is 0. The standard InChI is InChI=1S/C6H8O2S/c1-2-3-6-4-5-9(7)8-6/h6H,4-5H2,1H3. The molecule has 0 amide bonds. The van der Waals surface area contributed by atoms with Gasteiger partial charge in [0.2, 0.25) is 0 Å². The molecule has 2 nitrogen and oxygen atoms in total. The Morgan fingerprint density at radius 2 is 2.56 bits per heavy atom. The Morgan fingerprint density at radius 1 is 1.78 bits per heavy atom. The first-order valence-corrected chi connectivity index (χ1v) is 4.05. The second-order valence-electron chi connectivity index (χ2n) is 1.78. The molecule has 0 aromatic carbocycles. The van der Waals surface area contributed by atoms with E-state index >= 15 is 0 Å². The van der Waals surface area contributed by atoms with Crippen molar-refractivity contribution in [2.24, 2.45) is 0 Å². The predicted molar refractivity (Wildman–Crippen MR) is 35.9 cm³/mol. The summed E-state index contributed by atoms with van der Waals surface area (Å²) in [6.45, 7) is 1.75. The molecule has 1 rings (SSSR count). The van der Waals surface area contributed by atoms with Gasteiger partial charge < -0.3 is 0 Å². The van der Waals surface area contributed by atoms with Gasteiger partial charge in [0.15, 0.2) is 11.1 Å². The van der Waals surface area contributed by atoms with Gasteiger partial charge in [0, 0.05) is 0 Å². The Bertz CT molecular complexity index is 177. The minimum atomic E-state index is -1.06. The van der Waals surface area contributed by atoms with Gasteiger partial charge in [0.25, 0.3) is 0 Å².